The molecule has 2 fully saturated rings. The van der Waals surface area contributed by atoms with Crippen LogP contribution in [0.2, 0.25) is 0 Å². The molecule has 0 saturated carbocycles. The topological polar surface area (TPSA) is 0 Å². The van der Waals surface area contributed by atoms with Crippen LogP contribution in [0.1, 0.15) is 25.7 Å². The maximum atomic E-state index is 1.61. The molecular weight excluding hydrogens is 199 g/mol. The summed E-state index contributed by atoms with van der Waals surface area (Å²) in [4.78, 5) is 0. The summed E-state index contributed by atoms with van der Waals surface area (Å²) in [5.41, 5.74) is 0. The molecule has 2 aliphatic rings. The third-order valence-electron chi connectivity index (χ3n) is 1.94. The van der Waals surface area contributed by atoms with Gasteiger partial charge in [0.25, 0.3) is 0 Å². The molecule has 0 atom stereocenters. The monoisotopic (exact) mass is 209 g/mol. The Balaban J connectivity index is 2.12. The van der Waals surface area contributed by atoms with Gasteiger partial charge in [0.05, 0.1) is 0 Å². The van der Waals surface area contributed by atoms with Crippen LogP contribution in [-0.4, -0.2) is 7.85 Å². The molecule has 0 aromatic rings. The molecule has 2 aliphatic heterocycles. The first-order chi connectivity index (χ1) is 3.45. The predicted molar refractivity (Wildman–Crippen MR) is 26.0 cm³/mol. The fraction of sp³-hybridized carbons (Fsp3) is 1.00. The van der Waals surface area contributed by atoms with Crippen LogP contribution in [-0.2, 0) is 0 Å². The molecule has 0 N–H and O–H groups in total. The molecule has 0 amide bonds. The summed E-state index contributed by atoms with van der Waals surface area (Å²) in [7, 11) is 0. The second kappa shape index (κ2) is 1.61. The average Bonchev–Trinajstić information content (AvgIpc) is 2.22. The SMILES string of the molecule is C1CC2CCC1[I-]2. The van der Waals surface area contributed by atoms with Crippen molar-refractivity contribution in [2.45, 2.75) is 33.5 Å². The van der Waals surface area contributed by atoms with Gasteiger partial charge in [0.2, 0.25) is 0 Å². The van der Waals surface area contributed by atoms with Crippen LogP contribution in [0.15, 0.2) is 0 Å². The minimum absolute atomic E-state index is 0.728. The molecule has 1 heteroatoms. The van der Waals surface area contributed by atoms with Gasteiger partial charge in [-0.25, -0.2) is 0 Å². The number of hydrogen-bond acceptors (Lipinski definition) is 0. The van der Waals surface area contributed by atoms with Crippen molar-refractivity contribution in [2.75, 3.05) is 0 Å². The Morgan fingerprint density at radius 3 is 1.43 bits per heavy atom. The molecule has 0 nitrogen and oxygen atoms in total. The summed E-state index contributed by atoms with van der Waals surface area (Å²) in [6.45, 7) is 0. The van der Waals surface area contributed by atoms with E-state index in [9.17, 15) is 0 Å². The Bertz CT molecular complexity index is 62.2. The van der Waals surface area contributed by atoms with Crippen molar-refractivity contribution in [3.63, 3.8) is 0 Å². The van der Waals surface area contributed by atoms with Crippen LogP contribution < -0.4 is 21.2 Å². The quantitative estimate of drug-likeness (QED) is 0.333. The summed E-state index contributed by atoms with van der Waals surface area (Å²) in [6, 6.07) is 0. The predicted octanol–water partition coefficient (Wildman–Crippen LogP) is -1.60. The first-order valence-corrected chi connectivity index (χ1v) is 5.56. The molecule has 2 heterocycles. The summed E-state index contributed by atoms with van der Waals surface area (Å²) < 4.78 is 2.56. The number of alkyl halides is 2. The van der Waals surface area contributed by atoms with Gasteiger partial charge in [-0.2, -0.15) is 0 Å². The molecule has 0 aliphatic carbocycles. The zero-order chi connectivity index (χ0) is 4.69. The van der Waals surface area contributed by atoms with E-state index in [0.717, 1.165) is 21.2 Å². The van der Waals surface area contributed by atoms with E-state index >= 15 is 0 Å². The van der Waals surface area contributed by atoms with Crippen LogP contribution in [0, 0.1) is 0 Å². The normalized spacial score (nSPS) is 49.1. The molecule has 2 rings (SSSR count). The van der Waals surface area contributed by atoms with E-state index in [1.54, 1.807) is 25.7 Å². The first kappa shape index (κ1) is 4.59. The Morgan fingerprint density at radius 1 is 0.857 bits per heavy atom. The van der Waals surface area contributed by atoms with E-state index in [4.69, 9.17) is 0 Å². The Hall–Kier alpha value is 0.730. The van der Waals surface area contributed by atoms with Crippen LogP contribution in [0.25, 0.3) is 0 Å². The van der Waals surface area contributed by atoms with Crippen molar-refractivity contribution in [3.05, 3.63) is 0 Å². The van der Waals surface area contributed by atoms with Crippen molar-refractivity contribution in [2.24, 2.45) is 0 Å². The van der Waals surface area contributed by atoms with Crippen molar-refractivity contribution in [3.8, 4) is 0 Å². The second-order valence-electron chi connectivity index (χ2n) is 2.48. The summed E-state index contributed by atoms with van der Waals surface area (Å²) in [5.74, 6) is 0. The second-order valence-corrected chi connectivity index (χ2v) is 6.72. The van der Waals surface area contributed by atoms with Gasteiger partial charge in [0.15, 0.2) is 0 Å². The van der Waals surface area contributed by atoms with Crippen molar-refractivity contribution in [1.82, 2.24) is 0 Å². The molecule has 0 unspecified atom stereocenters. The number of fused-ring (bicyclic) bond motifs is 2. The van der Waals surface area contributed by atoms with E-state index in [2.05, 4.69) is 0 Å². The van der Waals surface area contributed by atoms with Crippen LogP contribution >= 0.6 is 0 Å². The summed E-state index contributed by atoms with van der Waals surface area (Å²) >= 11 is 0.728. The zero-order valence-electron chi connectivity index (χ0n) is 4.36. The maximum absolute atomic E-state index is 1.61. The van der Waals surface area contributed by atoms with Gasteiger partial charge >= 0.3 is 54.7 Å². The van der Waals surface area contributed by atoms with Gasteiger partial charge in [-0.1, -0.05) is 0 Å². The minimum atomic E-state index is 0.728. The molecule has 0 spiro atoms. The number of hydrogen-bond donors (Lipinski definition) is 0. The van der Waals surface area contributed by atoms with Gasteiger partial charge in [-0.05, 0) is 0 Å². The van der Waals surface area contributed by atoms with E-state index < -0.39 is 0 Å². The molecule has 0 aromatic carbocycles. The molecule has 0 aromatic heterocycles. The van der Waals surface area contributed by atoms with Gasteiger partial charge in [0.1, 0.15) is 0 Å². The fourth-order valence-corrected chi connectivity index (χ4v) is 5.83. The van der Waals surface area contributed by atoms with Gasteiger partial charge < -0.3 is 0 Å². The van der Waals surface area contributed by atoms with E-state index in [1.165, 1.54) is 7.85 Å². The van der Waals surface area contributed by atoms with Crippen LogP contribution in [0.3, 0.4) is 0 Å². The molecular formula is C6H10I-. The summed E-state index contributed by atoms with van der Waals surface area (Å²) in [5, 5.41) is 0. The van der Waals surface area contributed by atoms with Crippen molar-refractivity contribution >= 4 is 0 Å². The zero-order valence-corrected chi connectivity index (χ0v) is 6.52. The van der Waals surface area contributed by atoms with Gasteiger partial charge in [0, 0.05) is 0 Å². The number of rotatable bonds is 0. The fourth-order valence-electron chi connectivity index (χ4n) is 1.52. The standard InChI is InChI=1S/C6H10I/c1-2-6-4-3-5(1)7-6/h5-6H,1-4H2/q-1. The molecule has 0 radical (unpaired) electrons. The van der Waals surface area contributed by atoms with Crippen molar-refractivity contribution in [1.29, 1.82) is 0 Å². The molecule has 2 saturated heterocycles. The van der Waals surface area contributed by atoms with Crippen molar-refractivity contribution < 1.29 is 21.2 Å². The Morgan fingerprint density at radius 2 is 1.29 bits per heavy atom. The third-order valence-corrected chi connectivity index (χ3v) is 6.47. The van der Waals surface area contributed by atoms with E-state index in [-0.39, 0.29) is 0 Å². The Labute approximate surface area is 54.9 Å². The third kappa shape index (κ3) is 0.694. The molecule has 42 valence electrons. The molecule has 2 bridgehead atoms. The van der Waals surface area contributed by atoms with Gasteiger partial charge in [-0.15, -0.1) is 0 Å². The molecule has 7 heavy (non-hydrogen) atoms. The van der Waals surface area contributed by atoms with E-state index in [0.29, 0.717) is 0 Å². The average molecular weight is 209 g/mol. The van der Waals surface area contributed by atoms with Gasteiger partial charge in [-0.3, -0.25) is 0 Å². The first-order valence-electron chi connectivity index (χ1n) is 3.07. The van der Waals surface area contributed by atoms with E-state index in [1.807, 2.05) is 0 Å². The number of halogens is 1. The Kier molecular flexibility index (Phi) is 1.05. The van der Waals surface area contributed by atoms with Crippen LogP contribution in [0.4, 0.5) is 0 Å². The summed E-state index contributed by atoms with van der Waals surface area (Å²) in [6.07, 6.45) is 6.44. The van der Waals surface area contributed by atoms with Crippen LogP contribution in [0.5, 0.6) is 0 Å².